The molecule has 0 aromatic heterocycles. The smallest absolute Gasteiger partial charge is 0.316 e. The Morgan fingerprint density at radius 1 is 1.62 bits per heavy atom. The normalized spacial score (nSPS) is 9.69. The summed E-state index contributed by atoms with van der Waals surface area (Å²) in [7, 11) is 0. The highest BCUT2D eigenvalue weighted by molar-refractivity contribution is 5.87. The fourth-order valence-electron chi connectivity index (χ4n) is 1.05. The van der Waals surface area contributed by atoms with Gasteiger partial charge in [-0.3, -0.25) is 0 Å². The number of aryl methyl sites for hydroxylation is 1. The van der Waals surface area contributed by atoms with Gasteiger partial charge in [0.25, 0.3) is 0 Å². The lowest BCUT2D eigenvalue weighted by Gasteiger charge is -2.03. The second kappa shape index (κ2) is 3.89. The maximum Gasteiger partial charge on any atom is 0.316 e. The number of nitrogens with one attached hydrogen (secondary N) is 1. The molecular weight excluding hydrogens is 171 g/mol. The summed E-state index contributed by atoms with van der Waals surface area (Å²) in [6.45, 7) is 1.86. The van der Waals surface area contributed by atoms with Gasteiger partial charge in [0.15, 0.2) is 0 Å². The lowest BCUT2D eigenvalue weighted by Crippen LogP contribution is -2.19. The summed E-state index contributed by atoms with van der Waals surface area (Å²) in [5, 5.41) is 2.30. The average molecular weight is 182 g/mol. The Morgan fingerprint density at radius 3 is 2.77 bits per heavy atom. The van der Waals surface area contributed by atoms with E-state index in [4.69, 9.17) is 5.73 Å². The fraction of sp³-hybridized carbons (Fsp3) is 0.222. The van der Waals surface area contributed by atoms with Crippen LogP contribution in [-0.2, 0) is 6.42 Å². The molecule has 0 atom stereocenters. The van der Waals surface area contributed by atoms with Crippen molar-refractivity contribution in [3.05, 3.63) is 29.6 Å². The number of anilines is 1. The highest BCUT2D eigenvalue weighted by Gasteiger charge is 2.02. The molecule has 70 valence electrons. The molecule has 2 amide bonds. The Balaban J connectivity index is 2.89. The van der Waals surface area contributed by atoms with Crippen molar-refractivity contribution in [3.63, 3.8) is 0 Å². The predicted molar refractivity (Wildman–Crippen MR) is 49.0 cm³/mol. The number of carbonyl (C=O) groups excluding carboxylic acids is 1. The second-order valence-corrected chi connectivity index (χ2v) is 2.65. The van der Waals surface area contributed by atoms with Crippen molar-refractivity contribution in [2.45, 2.75) is 13.3 Å². The van der Waals surface area contributed by atoms with Crippen LogP contribution in [0.1, 0.15) is 12.5 Å². The molecule has 1 aromatic carbocycles. The number of carbonyl (C=O) groups is 1. The molecule has 13 heavy (non-hydrogen) atoms. The molecule has 4 heteroatoms. The van der Waals surface area contributed by atoms with E-state index >= 15 is 0 Å². The van der Waals surface area contributed by atoms with Gasteiger partial charge in [-0.2, -0.15) is 0 Å². The van der Waals surface area contributed by atoms with Gasteiger partial charge < -0.3 is 11.1 Å². The third-order valence-electron chi connectivity index (χ3n) is 1.70. The van der Waals surface area contributed by atoms with Crippen LogP contribution in [0.2, 0.25) is 0 Å². The number of amides is 2. The molecule has 0 aliphatic rings. The lowest BCUT2D eigenvalue weighted by molar-refractivity contribution is 0.259. The molecule has 1 aromatic rings. The van der Waals surface area contributed by atoms with Gasteiger partial charge >= 0.3 is 6.03 Å². The topological polar surface area (TPSA) is 55.1 Å². The van der Waals surface area contributed by atoms with Gasteiger partial charge in [0, 0.05) is 5.69 Å². The molecule has 3 nitrogen and oxygen atoms in total. The number of benzene rings is 1. The van der Waals surface area contributed by atoms with E-state index in [9.17, 15) is 9.18 Å². The van der Waals surface area contributed by atoms with Crippen molar-refractivity contribution in [3.8, 4) is 0 Å². The predicted octanol–water partition coefficient (Wildman–Crippen LogP) is 1.88. The summed E-state index contributed by atoms with van der Waals surface area (Å²) >= 11 is 0. The van der Waals surface area contributed by atoms with Crippen molar-refractivity contribution >= 4 is 11.7 Å². The third kappa shape index (κ3) is 2.43. The number of halogens is 1. The quantitative estimate of drug-likeness (QED) is 0.720. The minimum atomic E-state index is -0.691. The highest BCUT2D eigenvalue weighted by Crippen LogP contribution is 2.14. The number of primary amides is 1. The number of rotatable bonds is 2. The van der Waals surface area contributed by atoms with Gasteiger partial charge in [-0.1, -0.05) is 13.0 Å². The molecule has 3 N–H and O–H groups in total. The van der Waals surface area contributed by atoms with E-state index in [1.54, 1.807) is 12.1 Å². The summed E-state index contributed by atoms with van der Waals surface area (Å²) in [5.74, 6) is -0.325. The van der Waals surface area contributed by atoms with Gasteiger partial charge in [0.05, 0.1) is 0 Å². The maximum absolute atomic E-state index is 13.1. The minimum absolute atomic E-state index is 0.325. The van der Waals surface area contributed by atoms with Crippen molar-refractivity contribution in [1.82, 2.24) is 0 Å². The molecule has 0 heterocycles. The second-order valence-electron chi connectivity index (χ2n) is 2.65. The van der Waals surface area contributed by atoms with Crippen LogP contribution >= 0.6 is 0 Å². The summed E-state index contributed by atoms with van der Waals surface area (Å²) in [6.07, 6.45) is 0.628. The summed E-state index contributed by atoms with van der Waals surface area (Å²) in [5.41, 5.74) is 5.87. The van der Waals surface area contributed by atoms with Crippen LogP contribution in [0.25, 0.3) is 0 Å². The Labute approximate surface area is 75.7 Å². The molecule has 0 fully saturated rings. The molecule has 0 aliphatic carbocycles. The molecule has 1 rings (SSSR count). The van der Waals surface area contributed by atoms with Crippen LogP contribution in [0.15, 0.2) is 18.2 Å². The Hall–Kier alpha value is -1.58. The lowest BCUT2D eigenvalue weighted by atomic mass is 10.1. The van der Waals surface area contributed by atoms with Crippen LogP contribution in [0.3, 0.4) is 0 Å². The Morgan fingerprint density at radius 2 is 2.31 bits per heavy atom. The molecule has 0 saturated carbocycles. The fourth-order valence-corrected chi connectivity index (χ4v) is 1.05. The van der Waals surface area contributed by atoms with Crippen LogP contribution < -0.4 is 11.1 Å². The van der Waals surface area contributed by atoms with E-state index in [1.165, 1.54) is 6.07 Å². The zero-order valence-corrected chi connectivity index (χ0v) is 7.30. The van der Waals surface area contributed by atoms with Crippen molar-refractivity contribution in [2.75, 3.05) is 5.32 Å². The summed E-state index contributed by atoms with van der Waals surface area (Å²) in [4.78, 5) is 10.4. The molecule has 0 radical (unpaired) electrons. The molecule has 0 aliphatic heterocycles. The molecule has 0 saturated heterocycles. The van der Waals surface area contributed by atoms with E-state index in [1.807, 2.05) is 6.92 Å². The van der Waals surface area contributed by atoms with Crippen molar-refractivity contribution < 1.29 is 9.18 Å². The van der Waals surface area contributed by atoms with E-state index in [-0.39, 0.29) is 5.82 Å². The average Bonchev–Trinajstić information content (AvgIpc) is 2.03. The number of nitrogens with two attached hydrogens (primary N) is 1. The third-order valence-corrected chi connectivity index (χ3v) is 1.70. The molecular formula is C9H11FN2O. The standard InChI is InChI=1S/C9H11FN2O/c1-2-6-3-4-7(5-8(6)10)12-9(11)13/h3-5H,2H2,1H3,(H3,11,12,13). The van der Waals surface area contributed by atoms with E-state index in [0.29, 0.717) is 17.7 Å². The van der Waals surface area contributed by atoms with Crippen LogP contribution in [0.5, 0.6) is 0 Å². The van der Waals surface area contributed by atoms with Gasteiger partial charge in [0.2, 0.25) is 0 Å². The van der Waals surface area contributed by atoms with Crippen molar-refractivity contribution in [1.29, 1.82) is 0 Å². The minimum Gasteiger partial charge on any atom is -0.351 e. The SMILES string of the molecule is CCc1ccc(NC(N)=O)cc1F. The maximum atomic E-state index is 13.1. The summed E-state index contributed by atoms with van der Waals surface area (Å²) in [6, 6.07) is 3.81. The summed E-state index contributed by atoms with van der Waals surface area (Å²) < 4.78 is 13.1. The first kappa shape index (κ1) is 9.51. The van der Waals surface area contributed by atoms with Crippen LogP contribution in [0, 0.1) is 5.82 Å². The Bertz CT molecular complexity index is 325. The van der Waals surface area contributed by atoms with Gasteiger partial charge in [-0.15, -0.1) is 0 Å². The zero-order valence-electron chi connectivity index (χ0n) is 7.30. The van der Waals surface area contributed by atoms with Crippen molar-refractivity contribution in [2.24, 2.45) is 5.73 Å². The largest absolute Gasteiger partial charge is 0.351 e. The van der Waals surface area contributed by atoms with E-state index in [0.717, 1.165) is 0 Å². The van der Waals surface area contributed by atoms with E-state index in [2.05, 4.69) is 5.32 Å². The Kier molecular flexibility index (Phi) is 2.84. The zero-order chi connectivity index (χ0) is 9.84. The first-order valence-corrected chi connectivity index (χ1v) is 3.98. The van der Waals surface area contributed by atoms with E-state index < -0.39 is 6.03 Å². The number of hydrogen-bond acceptors (Lipinski definition) is 1. The van der Waals surface area contributed by atoms with Gasteiger partial charge in [-0.25, -0.2) is 9.18 Å². The van der Waals surface area contributed by atoms with Gasteiger partial charge in [-0.05, 0) is 24.1 Å². The highest BCUT2D eigenvalue weighted by atomic mass is 19.1. The number of hydrogen-bond donors (Lipinski definition) is 2. The van der Waals surface area contributed by atoms with Crippen LogP contribution in [0.4, 0.5) is 14.9 Å². The van der Waals surface area contributed by atoms with Gasteiger partial charge in [0.1, 0.15) is 5.82 Å². The first-order chi connectivity index (χ1) is 6.13. The molecule has 0 bridgehead atoms. The van der Waals surface area contributed by atoms with Crippen LogP contribution in [-0.4, -0.2) is 6.03 Å². The number of urea groups is 1. The first-order valence-electron chi connectivity index (χ1n) is 3.98. The molecule has 0 spiro atoms. The monoisotopic (exact) mass is 182 g/mol. The molecule has 0 unspecified atom stereocenters.